The zero-order valence-corrected chi connectivity index (χ0v) is 13.0. The summed E-state index contributed by atoms with van der Waals surface area (Å²) < 4.78 is 10.1. The number of carbonyl (C=O) groups is 2. The van der Waals surface area contributed by atoms with Crippen LogP contribution in [0.15, 0.2) is 54.6 Å². The Morgan fingerprint density at radius 3 is 2.39 bits per heavy atom. The van der Waals surface area contributed by atoms with Crippen LogP contribution >= 0.6 is 0 Å². The summed E-state index contributed by atoms with van der Waals surface area (Å²) in [5.41, 5.74) is 1.76. The van der Waals surface area contributed by atoms with Gasteiger partial charge in [-0.2, -0.15) is 0 Å². The predicted octanol–water partition coefficient (Wildman–Crippen LogP) is 3.65. The molecule has 2 rings (SSSR count). The highest BCUT2D eigenvalue weighted by Crippen LogP contribution is 2.16. The lowest BCUT2D eigenvalue weighted by molar-refractivity contribution is 0.0527. The molecule has 0 aliphatic rings. The second-order valence-electron chi connectivity index (χ2n) is 4.76. The van der Waals surface area contributed by atoms with Crippen molar-refractivity contribution in [1.82, 2.24) is 0 Å². The number of rotatable bonds is 6. The number of anilines is 1. The molecular weight excluding hydrogens is 294 g/mol. The van der Waals surface area contributed by atoms with Crippen molar-refractivity contribution in [2.24, 2.45) is 0 Å². The van der Waals surface area contributed by atoms with E-state index in [1.54, 1.807) is 31.2 Å². The van der Waals surface area contributed by atoms with E-state index in [0.717, 1.165) is 5.56 Å². The van der Waals surface area contributed by atoms with Crippen LogP contribution in [0, 0.1) is 0 Å². The van der Waals surface area contributed by atoms with E-state index >= 15 is 0 Å². The Kier molecular flexibility index (Phi) is 6.17. The first-order valence-corrected chi connectivity index (χ1v) is 7.44. The Hall–Kier alpha value is -2.82. The molecule has 0 unspecified atom stereocenters. The molecular formula is C18H19NO4. The van der Waals surface area contributed by atoms with E-state index in [4.69, 9.17) is 9.47 Å². The standard InChI is InChI=1S/C18H19NO4/c1-2-22-17(20)15-10-6-7-11-16(15)19-18(21)23-13-12-14-8-4-3-5-9-14/h3-11H,2,12-13H2,1H3,(H,19,21). The van der Waals surface area contributed by atoms with Crippen molar-refractivity contribution < 1.29 is 19.1 Å². The second kappa shape index (κ2) is 8.58. The van der Waals surface area contributed by atoms with E-state index in [9.17, 15) is 9.59 Å². The van der Waals surface area contributed by atoms with E-state index in [2.05, 4.69) is 5.32 Å². The molecule has 0 aliphatic carbocycles. The fraction of sp³-hybridized carbons (Fsp3) is 0.222. The average Bonchev–Trinajstić information content (AvgIpc) is 2.56. The van der Waals surface area contributed by atoms with Gasteiger partial charge in [0.05, 0.1) is 24.5 Å². The van der Waals surface area contributed by atoms with Crippen LogP contribution in [0.4, 0.5) is 10.5 Å². The molecule has 2 aromatic carbocycles. The van der Waals surface area contributed by atoms with E-state index in [0.29, 0.717) is 17.7 Å². The summed E-state index contributed by atoms with van der Waals surface area (Å²) in [5.74, 6) is -0.479. The first-order chi connectivity index (χ1) is 11.2. The molecule has 0 heterocycles. The summed E-state index contributed by atoms with van der Waals surface area (Å²) >= 11 is 0. The second-order valence-corrected chi connectivity index (χ2v) is 4.76. The topological polar surface area (TPSA) is 64.6 Å². The Morgan fingerprint density at radius 1 is 0.957 bits per heavy atom. The molecule has 0 saturated heterocycles. The maximum Gasteiger partial charge on any atom is 0.411 e. The lowest BCUT2D eigenvalue weighted by Crippen LogP contribution is -2.18. The zero-order chi connectivity index (χ0) is 16.5. The van der Waals surface area contributed by atoms with Gasteiger partial charge in [-0.25, -0.2) is 9.59 Å². The molecule has 5 heteroatoms. The average molecular weight is 313 g/mol. The maximum atomic E-state index is 11.8. The molecule has 23 heavy (non-hydrogen) atoms. The Morgan fingerprint density at radius 2 is 1.65 bits per heavy atom. The molecule has 0 saturated carbocycles. The molecule has 0 radical (unpaired) electrons. The number of hydrogen-bond acceptors (Lipinski definition) is 4. The summed E-state index contributed by atoms with van der Waals surface area (Å²) in [6.07, 6.45) is 0.0334. The van der Waals surface area contributed by atoms with Gasteiger partial charge in [-0.15, -0.1) is 0 Å². The number of nitrogens with one attached hydrogen (secondary N) is 1. The van der Waals surface area contributed by atoms with Crippen LogP contribution < -0.4 is 5.32 Å². The first kappa shape index (κ1) is 16.5. The van der Waals surface area contributed by atoms with Gasteiger partial charge in [0, 0.05) is 6.42 Å². The van der Waals surface area contributed by atoms with Crippen LogP contribution in [0.25, 0.3) is 0 Å². The lowest BCUT2D eigenvalue weighted by atomic mass is 10.2. The summed E-state index contributed by atoms with van der Waals surface area (Å²) in [6.45, 7) is 2.26. The van der Waals surface area contributed by atoms with Crippen LogP contribution in [-0.4, -0.2) is 25.3 Å². The summed E-state index contributed by atoms with van der Waals surface area (Å²) in [5, 5.41) is 2.57. The number of carbonyl (C=O) groups excluding carboxylic acids is 2. The van der Waals surface area contributed by atoms with Crippen LogP contribution in [0.3, 0.4) is 0 Å². The fourth-order valence-corrected chi connectivity index (χ4v) is 2.03. The smallest absolute Gasteiger partial charge is 0.411 e. The zero-order valence-electron chi connectivity index (χ0n) is 13.0. The van der Waals surface area contributed by atoms with E-state index in [-0.39, 0.29) is 13.2 Å². The van der Waals surface area contributed by atoms with Gasteiger partial charge < -0.3 is 9.47 Å². The van der Waals surface area contributed by atoms with Crippen LogP contribution in [0.1, 0.15) is 22.8 Å². The third-order valence-corrected chi connectivity index (χ3v) is 3.13. The van der Waals surface area contributed by atoms with Crippen LogP contribution in [0.2, 0.25) is 0 Å². The van der Waals surface area contributed by atoms with Gasteiger partial charge in [0.1, 0.15) is 0 Å². The molecule has 0 aliphatic heterocycles. The van der Waals surface area contributed by atoms with Crippen molar-refractivity contribution >= 4 is 17.7 Å². The van der Waals surface area contributed by atoms with Crippen molar-refractivity contribution in [3.63, 3.8) is 0 Å². The normalized spacial score (nSPS) is 9.96. The van der Waals surface area contributed by atoms with Crippen LogP contribution in [0.5, 0.6) is 0 Å². The van der Waals surface area contributed by atoms with Crippen LogP contribution in [-0.2, 0) is 15.9 Å². The number of benzene rings is 2. The van der Waals surface area contributed by atoms with Crippen molar-refractivity contribution in [3.05, 3.63) is 65.7 Å². The van der Waals surface area contributed by atoms with Gasteiger partial charge in [-0.05, 0) is 24.6 Å². The minimum atomic E-state index is -0.599. The Bertz CT molecular complexity index is 655. The lowest BCUT2D eigenvalue weighted by Gasteiger charge is -2.10. The van der Waals surface area contributed by atoms with Crippen molar-refractivity contribution in [2.45, 2.75) is 13.3 Å². The predicted molar refractivity (Wildman–Crippen MR) is 87.5 cm³/mol. The SMILES string of the molecule is CCOC(=O)c1ccccc1NC(=O)OCCc1ccccc1. The largest absolute Gasteiger partial charge is 0.462 e. The Labute approximate surface area is 135 Å². The summed E-state index contributed by atoms with van der Waals surface area (Å²) in [4.78, 5) is 23.7. The van der Waals surface area contributed by atoms with Gasteiger partial charge in [0.15, 0.2) is 0 Å². The molecule has 2 aromatic rings. The van der Waals surface area contributed by atoms with Crippen molar-refractivity contribution in [1.29, 1.82) is 0 Å². The maximum absolute atomic E-state index is 11.8. The highest BCUT2D eigenvalue weighted by atomic mass is 16.5. The first-order valence-electron chi connectivity index (χ1n) is 7.44. The van der Waals surface area contributed by atoms with E-state index in [1.165, 1.54) is 0 Å². The van der Waals surface area contributed by atoms with E-state index < -0.39 is 12.1 Å². The molecule has 0 aromatic heterocycles. The number of hydrogen-bond donors (Lipinski definition) is 1. The van der Waals surface area contributed by atoms with Crippen molar-refractivity contribution in [3.8, 4) is 0 Å². The van der Waals surface area contributed by atoms with E-state index in [1.807, 2.05) is 30.3 Å². The minimum Gasteiger partial charge on any atom is -0.462 e. The van der Waals surface area contributed by atoms with Gasteiger partial charge in [-0.3, -0.25) is 5.32 Å². The summed E-state index contributed by atoms with van der Waals surface area (Å²) in [7, 11) is 0. The Balaban J connectivity index is 1.89. The summed E-state index contributed by atoms with van der Waals surface area (Å²) in [6, 6.07) is 16.4. The molecule has 120 valence electrons. The number of para-hydroxylation sites is 1. The third kappa shape index (κ3) is 5.14. The molecule has 0 bridgehead atoms. The third-order valence-electron chi connectivity index (χ3n) is 3.13. The van der Waals surface area contributed by atoms with Gasteiger partial charge >= 0.3 is 12.1 Å². The highest BCUT2D eigenvalue weighted by molar-refractivity contribution is 5.99. The van der Waals surface area contributed by atoms with Gasteiger partial charge in [0.2, 0.25) is 0 Å². The quantitative estimate of drug-likeness (QED) is 0.827. The van der Waals surface area contributed by atoms with Gasteiger partial charge in [0.25, 0.3) is 0 Å². The monoisotopic (exact) mass is 313 g/mol. The fourth-order valence-electron chi connectivity index (χ4n) is 2.03. The number of ether oxygens (including phenoxy) is 2. The molecule has 0 spiro atoms. The molecule has 0 atom stereocenters. The highest BCUT2D eigenvalue weighted by Gasteiger charge is 2.14. The molecule has 0 fully saturated rings. The molecule has 1 N–H and O–H groups in total. The molecule has 5 nitrogen and oxygen atoms in total. The number of esters is 1. The van der Waals surface area contributed by atoms with Crippen molar-refractivity contribution in [2.75, 3.05) is 18.5 Å². The minimum absolute atomic E-state index is 0.261. The van der Waals surface area contributed by atoms with Gasteiger partial charge in [-0.1, -0.05) is 42.5 Å². The number of amides is 1. The molecule has 1 amide bonds.